The van der Waals surface area contributed by atoms with E-state index in [4.69, 9.17) is 5.11 Å². The van der Waals surface area contributed by atoms with E-state index in [0.29, 0.717) is 19.6 Å². The zero-order valence-corrected chi connectivity index (χ0v) is 11.0. The minimum atomic E-state index is -3.44. The Hall–Kier alpha value is -0.920. The lowest BCUT2D eigenvalue weighted by Gasteiger charge is -2.18. The highest BCUT2D eigenvalue weighted by Crippen LogP contribution is 2.14. The van der Waals surface area contributed by atoms with Crippen molar-refractivity contribution in [3.05, 3.63) is 12.4 Å². The van der Waals surface area contributed by atoms with Gasteiger partial charge in [0.05, 0.1) is 19.3 Å². The summed E-state index contributed by atoms with van der Waals surface area (Å²) < 4.78 is 27.2. The van der Waals surface area contributed by atoms with Gasteiger partial charge in [-0.15, -0.1) is 0 Å². The third-order valence-electron chi connectivity index (χ3n) is 2.40. The number of aliphatic hydroxyl groups excluding tert-OH is 1. The molecule has 1 rings (SSSR count). The van der Waals surface area contributed by atoms with Crippen molar-refractivity contribution in [3.63, 3.8) is 0 Å². The first-order valence-electron chi connectivity index (χ1n) is 5.69. The van der Waals surface area contributed by atoms with Crippen LogP contribution in [0.4, 0.5) is 0 Å². The maximum absolute atomic E-state index is 12.2. The number of aromatic nitrogens is 2. The summed E-state index contributed by atoms with van der Waals surface area (Å²) in [5, 5.41) is 12.7. The van der Waals surface area contributed by atoms with Gasteiger partial charge in [-0.2, -0.15) is 9.40 Å². The lowest BCUT2D eigenvalue weighted by atomic mass is 10.5. The van der Waals surface area contributed by atoms with Crippen LogP contribution in [0, 0.1) is 0 Å². The highest BCUT2D eigenvalue weighted by molar-refractivity contribution is 7.89. The molecule has 17 heavy (non-hydrogen) atoms. The molecule has 6 nitrogen and oxygen atoms in total. The molecule has 1 aromatic heterocycles. The van der Waals surface area contributed by atoms with Gasteiger partial charge in [0.25, 0.3) is 0 Å². The number of aliphatic hydroxyl groups is 1. The van der Waals surface area contributed by atoms with Crippen molar-refractivity contribution in [2.75, 3.05) is 19.7 Å². The second kappa shape index (κ2) is 6.13. The van der Waals surface area contributed by atoms with Gasteiger partial charge in [-0.3, -0.25) is 4.68 Å². The molecule has 0 aliphatic carbocycles. The lowest BCUT2D eigenvalue weighted by Crippen LogP contribution is -2.31. The van der Waals surface area contributed by atoms with Gasteiger partial charge < -0.3 is 5.11 Å². The second-order valence-corrected chi connectivity index (χ2v) is 5.60. The fraction of sp³-hybridized carbons (Fsp3) is 0.700. The van der Waals surface area contributed by atoms with Crippen LogP contribution in [0.25, 0.3) is 0 Å². The highest BCUT2D eigenvalue weighted by Gasteiger charge is 2.23. The minimum absolute atomic E-state index is 0.0619. The van der Waals surface area contributed by atoms with E-state index >= 15 is 0 Å². The first-order chi connectivity index (χ1) is 8.06. The van der Waals surface area contributed by atoms with E-state index < -0.39 is 10.0 Å². The summed E-state index contributed by atoms with van der Waals surface area (Å²) >= 11 is 0. The van der Waals surface area contributed by atoms with E-state index in [2.05, 4.69) is 5.10 Å². The number of hydrogen-bond donors (Lipinski definition) is 1. The molecule has 1 heterocycles. The van der Waals surface area contributed by atoms with E-state index in [1.165, 1.54) is 21.4 Å². The third-order valence-corrected chi connectivity index (χ3v) is 4.33. The van der Waals surface area contributed by atoms with Crippen molar-refractivity contribution >= 4 is 10.0 Å². The molecule has 0 unspecified atom stereocenters. The Kier molecular flexibility index (Phi) is 5.10. The van der Waals surface area contributed by atoms with Gasteiger partial charge in [0.1, 0.15) is 4.90 Å². The summed E-state index contributed by atoms with van der Waals surface area (Å²) in [5.41, 5.74) is 0. The molecule has 0 fully saturated rings. The summed E-state index contributed by atoms with van der Waals surface area (Å²) in [5.74, 6) is 0. The standard InChI is InChI=1S/C10H19N3O3S/c1-3-5-13(4-2)17(15,16)10-8-11-12(9-10)6-7-14/h8-9,14H,3-7H2,1-2H3. The van der Waals surface area contributed by atoms with Gasteiger partial charge >= 0.3 is 0 Å². The summed E-state index contributed by atoms with van der Waals surface area (Å²) in [7, 11) is -3.44. The molecule has 0 amide bonds. The fourth-order valence-electron chi connectivity index (χ4n) is 1.55. The van der Waals surface area contributed by atoms with Crippen LogP contribution >= 0.6 is 0 Å². The molecule has 98 valence electrons. The van der Waals surface area contributed by atoms with Crippen LogP contribution in [0.1, 0.15) is 20.3 Å². The first-order valence-corrected chi connectivity index (χ1v) is 7.13. The Bertz CT molecular complexity index is 441. The molecule has 0 atom stereocenters. The first kappa shape index (κ1) is 14.1. The van der Waals surface area contributed by atoms with Crippen molar-refractivity contribution in [1.82, 2.24) is 14.1 Å². The molecule has 0 aromatic carbocycles. The van der Waals surface area contributed by atoms with Crippen molar-refractivity contribution < 1.29 is 13.5 Å². The Morgan fingerprint density at radius 1 is 1.47 bits per heavy atom. The molecule has 0 aliphatic rings. The van der Waals surface area contributed by atoms with E-state index in [9.17, 15) is 8.42 Å². The topological polar surface area (TPSA) is 75.4 Å². The van der Waals surface area contributed by atoms with Gasteiger partial charge in [0.15, 0.2) is 0 Å². The predicted octanol–water partition coefficient (Wildman–Crippen LogP) is 0.296. The van der Waals surface area contributed by atoms with Crippen molar-refractivity contribution in [1.29, 1.82) is 0 Å². The Morgan fingerprint density at radius 3 is 2.71 bits per heavy atom. The van der Waals surface area contributed by atoms with E-state index in [0.717, 1.165) is 6.42 Å². The molecule has 7 heteroatoms. The normalized spacial score (nSPS) is 12.2. The Balaban J connectivity index is 2.94. The fourth-order valence-corrected chi connectivity index (χ4v) is 3.05. The Labute approximate surface area is 102 Å². The van der Waals surface area contributed by atoms with E-state index in [1.54, 1.807) is 0 Å². The largest absolute Gasteiger partial charge is 0.394 e. The summed E-state index contributed by atoms with van der Waals surface area (Å²) in [4.78, 5) is 0.182. The van der Waals surface area contributed by atoms with Crippen molar-refractivity contribution in [3.8, 4) is 0 Å². The van der Waals surface area contributed by atoms with Crippen LogP contribution in [0.15, 0.2) is 17.3 Å². The van der Waals surface area contributed by atoms with Gasteiger partial charge in [-0.05, 0) is 6.42 Å². The van der Waals surface area contributed by atoms with E-state index in [1.807, 2.05) is 13.8 Å². The van der Waals surface area contributed by atoms with Crippen molar-refractivity contribution in [2.45, 2.75) is 31.7 Å². The maximum atomic E-state index is 12.2. The quantitative estimate of drug-likeness (QED) is 0.766. The molecule has 0 saturated heterocycles. The average Bonchev–Trinajstić information content (AvgIpc) is 2.75. The SMILES string of the molecule is CCCN(CC)S(=O)(=O)c1cnn(CCO)c1. The zero-order valence-electron chi connectivity index (χ0n) is 10.2. The molecule has 1 N–H and O–H groups in total. The molecule has 0 radical (unpaired) electrons. The smallest absolute Gasteiger partial charge is 0.246 e. The number of hydrogen-bond acceptors (Lipinski definition) is 4. The average molecular weight is 261 g/mol. The van der Waals surface area contributed by atoms with Crippen LogP contribution in [0.5, 0.6) is 0 Å². The molecule has 1 aromatic rings. The van der Waals surface area contributed by atoms with Crippen LogP contribution in [-0.4, -0.2) is 47.3 Å². The van der Waals surface area contributed by atoms with Crippen LogP contribution in [-0.2, 0) is 16.6 Å². The monoisotopic (exact) mass is 261 g/mol. The number of rotatable bonds is 7. The number of nitrogens with zero attached hydrogens (tertiary/aromatic N) is 3. The molecular formula is C10H19N3O3S. The van der Waals surface area contributed by atoms with E-state index in [-0.39, 0.29) is 11.5 Å². The molecule has 0 saturated carbocycles. The van der Waals surface area contributed by atoms with Gasteiger partial charge in [0.2, 0.25) is 10.0 Å². The van der Waals surface area contributed by atoms with Gasteiger partial charge in [0, 0.05) is 19.3 Å². The second-order valence-electron chi connectivity index (χ2n) is 3.66. The summed E-state index contributed by atoms with van der Waals surface area (Å²) in [6, 6.07) is 0. The zero-order chi connectivity index (χ0) is 12.9. The van der Waals surface area contributed by atoms with Gasteiger partial charge in [-0.25, -0.2) is 8.42 Å². The number of sulfonamides is 1. The van der Waals surface area contributed by atoms with Crippen LogP contribution < -0.4 is 0 Å². The Morgan fingerprint density at radius 2 is 2.18 bits per heavy atom. The summed E-state index contributed by atoms with van der Waals surface area (Å²) in [6.07, 6.45) is 3.55. The minimum Gasteiger partial charge on any atom is -0.394 e. The molecule has 0 spiro atoms. The molecule has 0 aliphatic heterocycles. The van der Waals surface area contributed by atoms with Crippen molar-refractivity contribution in [2.24, 2.45) is 0 Å². The summed E-state index contributed by atoms with van der Waals surface area (Å²) in [6.45, 7) is 4.94. The van der Waals surface area contributed by atoms with Gasteiger partial charge in [-0.1, -0.05) is 13.8 Å². The maximum Gasteiger partial charge on any atom is 0.246 e. The molecule has 0 bridgehead atoms. The predicted molar refractivity (Wildman–Crippen MR) is 64.0 cm³/mol. The highest BCUT2D eigenvalue weighted by atomic mass is 32.2. The lowest BCUT2D eigenvalue weighted by molar-refractivity contribution is 0.269. The van der Waals surface area contributed by atoms with Crippen LogP contribution in [0.2, 0.25) is 0 Å². The molecular weight excluding hydrogens is 242 g/mol. The third kappa shape index (κ3) is 3.27. The van der Waals surface area contributed by atoms with Crippen LogP contribution in [0.3, 0.4) is 0 Å².